The van der Waals surface area contributed by atoms with Crippen LogP contribution in [0.1, 0.15) is 111 Å². The Morgan fingerprint density at radius 1 is 0.449 bits per heavy atom. The maximum absolute atomic E-state index is 15.3. The highest BCUT2D eigenvalue weighted by Crippen LogP contribution is 2.26. The fourth-order valence-electron chi connectivity index (χ4n) is 14.2. The first-order valence-electron chi connectivity index (χ1n) is 39.8. The highest BCUT2D eigenvalue weighted by molar-refractivity contribution is 8.00. The molecule has 5 aromatic carbocycles. The monoisotopic (exact) mass is 1650 g/mol. The van der Waals surface area contributed by atoms with Crippen molar-refractivity contribution in [2.45, 2.75) is 204 Å². The van der Waals surface area contributed by atoms with Gasteiger partial charge >= 0.3 is 5.97 Å². The van der Waals surface area contributed by atoms with E-state index < -0.39 is 198 Å². The Balaban J connectivity index is 1.13. The van der Waals surface area contributed by atoms with Crippen LogP contribution in [0.5, 0.6) is 0 Å². The number of carboxylic acid groups (broad SMARTS) is 1. The number of likely N-dealkylation sites (N-methyl/N-ethyl adjacent to an activating group) is 3. The summed E-state index contributed by atoms with van der Waals surface area (Å²) in [5.74, 6) is -14.6. The Labute approximate surface area is 690 Å². The predicted octanol–water partition coefficient (Wildman–Crippen LogP) is 1.27. The lowest BCUT2D eigenvalue weighted by atomic mass is 9.99. The van der Waals surface area contributed by atoms with E-state index in [9.17, 15) is 77.6 Å². The molecule has 3 aliphatic heterocycles. The molecule has 634 valence electrons. The van der Waals surface area contributed by atoms with E-state index in [0.717, 1.165) is 43.8 Å². The van der Waals surface area contributed by atoms with Gasteiger partial charge in [0.2, 0.25) is 82.7 Å². The Bertz CT molecular complexity index is 4370. The van der Waals surface area contributed by atoms with E-state index in [1.807, 2.05) is 72.8 Å². The fourth-order valence-corrected chi connectivity index (χ4v) is 15.1. The standard InChI is InChI=1S/C85H110N14O18S/c1-11-86-75(107)65-46-118-47-68(102)88-62(43-54-23-15-12-16-24-54)77(109)93-70(48(2)3)85(117)99-42-22-30-67(99)79(111)94-72(53(8)101)81(113)95-71(52(7)100)80(112)91-64(45-56-33-37-60(38-34-56)58-27-19-14-20-28-58)84(116)97(10)51(6)74(106)90-63(44-55-31-35-59(36-32-55)57-25-17-13-18-26-57)83(115)96(9)50(5)73(105)89-61(39-40-69(103)104)76(108)87-49(4)82(114)98-41-21-29-66(98)78(110)92-65/h12-20,23-28,31-38,48-53,61-67,70-72,100-101H,11,21-22,29-30,39-47H2,1-10H3,(H,86,107)(H,87,108)(H,88,102)(H,89,105)(H,90,106)(H,91,112)(H,92,110)(H,93,109)(H,94,111)(H,95,113)(H,103,104)/t49-,50-,51-,52+,53+,61-,62-,63-,64-,65-,66-,67-,70-,71-,72-/m0/s1. The van der Waals surface area contributed by atoms with Crippen LogP contribution in [0, 0.1) is 5.92 Å². The van der Waals surface area contributed by atoms with Gasteiger partial charge < -0.3 is 88.1 Å². The van der Waals surface area contributed by atoms with Crippen molar-refractivity contribution in [3.8, 4) is 22.3 Å². The number of hydrogen-bond donors (Lipinski definition) is 13. The van der Waals surface area contributed by atoms with Crippen molar-refractivity contribution in [3.63, 3.8) is 0 Å². The summed E-state index contributed by atoms with van der Waals surface area (Å²) in [6.45, 7) is 11.5. The lowest BCUT2D eigenvalue weighted by Gasteiger charge is -2.33. The molecule has 0 saturated carbocycles. The first kappa shape index (κ1) is 91.9. The summed E-state index contributed by atoms with van der Waals surface area (Å²) in [4.78, 5) is 220. The molecule has 3 heterocycles. The molecule has 3 fully saturated rings. The molecule has 0 bridgehead atoms. The minimum absolute atomic E-state index is 0.0128. The zero-order valence-electron chi connectivity index (χ0n) is 68.1. The Morgan fingerprint density at radius 3 is 1.31 bits per heavy atom. The molecule has 0 unspecified atom stereocenters. The summed E-state index contributed by atoms with van der Waals surface area (Å²) in [6, 6.07) is 22.4. The number of carboxylic acids is 1. The van der Waals surface area contributed by atoms with Gasteiger partial charge in [0, 0.05) is 65.2 Å². The van der Waals surface area contributed by atoms with Crippen molar-refractivity contribution in [2.75, 3.05) is 45.2 Å². The van der Waals surface area contributed by atoms with Gasteiger partial charge in [-0.3, -0.25) is 71.9 Å². The number of aliphatic hydroxyl groups excluding tert-OH is 2. The third kappa shape index (κ3) is 25.2. The topological polar surface area (TPSA) is 450 Å². The molecule has 15 atom stereocenters. The summed E-state index contributed by atoms with van der Waals surface area (Å²) in [6.07, 6.45) is -4.31. The molecule has 14 amide bonds. The third-order valence-corrected chi connectivity index (χ3v) is 22.4. The quantitative estimate of drug-likeness (QED) is 0.0661. The van der Waals surface area contributed by atoms with E-state index in [1.54, 1.807) is 87.5 Å². The van der Waals surface area contributed by atoms with Crippen LogP contribution in [-0.4, -0.2) is 260 Å². The summed E-state index contributed by atoms with van der Waals surface area (Å²) < 4.78 is 0. The average Bonchev–Trinajstić information content (AvgIpc) is 1.68. The number of aliphatic hydroxyl groups is 2. The van der Waals surface area contributed by atoms with E-state index >= 15 is 9.59 Å². The number of amides is 14. The number of hydrogen-bond acceptors (Lipinski definition) is 18. The lowest BCUT2D eigenvalue weighted by molar-refractivity contribution is -0.145. The summed E-state index contributed by atoms with van der Waals surface area (Å²) >= 11 is 0.938. The number of nitrogens with one attached hydrogen (secondary N) is 10. The molecule has 8 rings (SSSR count). The normalized spacial score (nSPS) is 25.5. The SMILES string of the molecule is CCNC(=O)[C@@H]1CSCC(=O)N[C@@H](Cc2ccccc2)C(=O)N[C@@H](C(C)C)C(=O)N2CCC[C@H]2C(=O)N[C@@H]([C@@H](C)O)C(=O)N[C@@H]([C@@H](C)O)C(=O)N[C@@H](Cc2ccc(-c3ccccc3)cc2)C(=O)N(C)[C@@H](C)C(=O)N[C@@H](Cc2ccc(-c3ccccc3)cc2)C(=O)N(C)[C@@H](C)C(=O)N[C@@H](CCC(=O)O)C(=O)N[C@@H](C)C(=O)N2CCC[C@H]2C(=O)N1. The van der Waals surface area contributed by atoms with E-state index in [4.69, 9.17) is 0 Å². The van der Waals surface area contributed by atoms with Crippen molar-refractivity contribution in [2.24, 2.45) is 5.92 Å². The van der Waals surface area contributed by atoms with E-state index in [2.05, 4.69) is 53.2 Å². The Morgan fingerprint density at radius 2 is 0.847 bits per heavy atom. The van der Waals surface area contributed by atoms with Gasteiger partial charge in [0.1, 0.15) is 78.5 Å². The molecule has 0 aliphatic carbocycles. The van der Waals surface area contributed by atoms with Crippen LogP contribution in [0.4, 0.5) is 0 Å². The summed E-state index contributed by atoms with van der Waals surface area (Å²) in [5, 5.41) is 58.8. The van der Waals surface area contributed by atoms with Crippen LogP contribution in [0.3, 0.4) is 0 Å². The molecule has 33 heteroatoms. The largest absolute Gasteiger partial charge is 0.481 e. The van der Waals surface area contributed by atoms with Crippen LogP contribution in [0.15, 0.2) is 140 Å². The molecule has 118 heavy (non-hydrogen) atoms. The van der Waals surface area contributed by atoms with Crippen LogP contribution in [-0.2, 0) is 91.2 Å². The van der Waals surface area contributed by atoms with Gasteiger partial charge in [0.15, 0.2) is 0 Å². The van der Waals surface area contributed by atoms with Crippen molar-refractivity contribution in [1.82, 2.24) is 72.8 Å². The van der Waals surface area contributed by atoms with Gasteiger partial charge in [0.25, 0.3) is 0 Å². The number of rotatable bonds is 16. The van der Waals surface area contributed by atoms with Gasteiger partial charge in [-0.2, -0.15) is 0 Å². The van der Waals surface area contributed by atoms with Gasteiger partial charge in [-0.05, 0) is 119 Å². The van der Waals surface area contributed by atoms with E-state index in [-0.39, 0.29) is 69.7 Å². The summed E-state index contributed by atoms with van der Waals surface area (Å²) in [5.41, 5.74) is 5.02. The maximum Gasteiger partial charge on any atom is 0.303 e. The number of fused-ring (bicyclic) bond motifs is 2. The zero-order chi connectivity index (χ0) is 86.2. The zero-order valence-corrected chi connectivity index (χ0v) is 68.9. The Hall–Kier alpha value is -11.6. The van der Waals surface area contributed by atoms with Crippen LogP contribution in [0.25, 0.3) is 22.3 Å². The third-order valence-electron chi connectivity index (χ3n) is 21.3. The van der Waals surface area contributed by atoms with Crippen molar-refractivity contribution >= 4 is 100 Å². The van der Waals surface area contributed by atoms with Crippen LogP contribution in [0.2, 0.25) is 0 Å². The number of carbonyl (C=O) groups excluding carboxylic acids is 14. The maximum atomic E-state index is 15.3. The smallest absolute Gasteiger partial charge is 0.303 e. The molecule has 0 radical (unpaired) electrons. The molecule has 32 nitrogen and oxygen atoms in total. The lowest BCUT2D eigenvalue weighted by Crippen LogP contribution is -2.63. The second-order valence-electron chi connectivity index (χ2n) is 30.5. The summed E-state index contributed by atoms with van der Waals surface area (Å²) in [7, 11) is 2.54. The van der Waals surface area contributed by atoms with Gasteiger partial charge in [0.05, 0.1) is 18.0 Å². The minimum Gasteiger partial charge on any atom is -0.481 e. The number of carbonyl (C=O) groups is 15. The highest BCUT2D eigenvalue weighted by Gasteiger charge is 2.44. The van der Waals surface area contributed by atoms with Crippen molar-refractivity contribution in [1.29, 1.82) is 0 Å². The predicted molar refractivity (Wildman–Crippen MR) is 439 cm³/mol. The van der Waals surface area contributed by atoms with Crippen LogP contribution < -0.4 is 53.2 Å². The second-order valence-corrected chi connectivity index (χ2v) is 31.5. The first-order chi connectivity index (χ1) is 56.1. The number of thioether (sulfide) groups is 1. The average molecular weight is 1650 g/mol. The molecular formula is C85H110N14O18S. The van der Waals surface area contributed by atoms with Gasteiger partial charge in [-0.15, -0.1) is 11.8 Å². The van der Waals surface area contributed by atoms with E-state index in [1.165, 1.54) is 58.5 Å². The molecular weight excluding hydrogens is 1540 g/mol. The molecule has 3 saturated heterocycles. The van der Waals surface area contributed by atoms with Crippen molar-refractivity contribution in [3.05, 3.63) is 156 Å². The molecule has 0 spiro atoms. The Kier molecular flexibility index (Phi) is 33.9. The molecule has 3 aliphatic rings. The number of aliphatic carboxylic acids is 1. The number of nitrogens with zero attached hydrogens (tertiary/aromatic N) is 4. The van der Waals surface area contributed by atoms with Crippen molar-refractivity contribution < 1.29 is 87.2 Å². The minimum atomic E-state index is -1.90. The molecule has 13 N–H and O–H groups in total. The molecule has 0 aromatic heterocycles. The first-order valence-corrected chi connectivity index (χ1v) is 40.9. The highest BCUT2D eigenvalue weighted by atomic mass is 32.2. The fraction of sp³-hybridized carbons (Fsp3) is 0.471. The second kappa shape index (κ2) is 43.6. The molecule has 5 aromatic rings. The number of benzene rings is 5. The van der Waals surface area contributed by atoms with E-state index in [0.29, 0.717) is 23.1 Å². The van der Waals surface area contributed by atoms with Crippen LogP contribution >= 0.6 is 11.8 Å². The van der Waals surface area contributed by atoms with Gasteiger partial charge in [-0.1, -0.05) is 153 Å². The van der Waals surface area contributed by atoms with Gasteiger partial charge in [-0.25, -0.2) is 0 Å².